The molecule has 0 aromatic heterocycles. The van der Waals surface area contributed by atoms with Gasteiger partial charge in [-0.3, -0.25) is 0 Å². The molecule has 2 nitrogen and oxygen atoms in total. The molecule has 0 amide bonds. The Morgan fingerprint density at radius 1 is 1.19 bits per heavy atom. The van der Waals surface area contributed by atoms with Crippen LogP contribution in [0, 0.1) is 0 Å². The minimum absolute atomic E-state index is 0.113. The van der Waals surface area contributed by atoms with E-state index in [9.17, 15) is 0 Å². The van der Waals surface area contributed by atoms with E-state index in [2.05, 4.69) is 6.92 Å². The van der Waals surface area contributed by atoms with Crippen molar-refractivity contribution in [1.29, 1.82) is 0 Å². The second-order valence-electron chi connectivity index (χ2n) is 4.88. The molecule has 0 aliphatic heterocycles. The van der Waals surface area contributed by atoms with Crippen molar-refractivity contribution < 1.29 is 4.74 Å². The van der Waals surface area contributed by atoms with E-state index in [-0.39, 0.29) is 6.04 Å². The van der Waals surface area contributed by atoms with Crippen LogP contribution in [0.5, 0.6) is 11.5 Å². The van der Waals surface area contributed by atoms with Gasteiger partial charge in [0.05, 0.1) is 0 Å². The Kier molecular flexibility index (Phi) is 5.97. The van der Waals surface area contributed by atoms with E-state index in [4.69, 9.17) is 22.1 Å². The molecule has 0 aliphatic carbocycles. The first kappa shape index (κ1) is 16.2. The van der Waals surface area contributed by atoms with E-state index in [0.29, 0.717) is 5.02 Å². The lowest BCUT2D eigenvalue weighted by Crippen LogP contribution is -2.21. The molecule has 2 N–H and O–H groups in total. The van der Waals surface area contributed by atoms with Crippen molar-refractivity contribution in [2.24, 2.45) is 5.73 Å². The SMILES string of the molecule is CCC(N)Cc1cc(Cl)ccc1Oc1ccccc1SC. The predicted molar refractivity (Wildman–Crippen MR) is 91.7 cm³/mol. The quantitative estimate of drug-likeness (QED) is 0.749. The number of rotatable bonds is 6. The molecule has 0 aliphatic rings. The third kappa shape index (κ3) is 4.40. The van der Waals surface area contributed by atoms with Crippen LogP contribution < -0.4 is 10.5 Å². The smallest absolute Gasteiger partial charge is 0.140 e. The fourth-order valence-electron chi connectivity index (χ4n) is 2.06. The standard InChI is InChI=1S/C17H20ClNOS/c1-3-14(19)11-12-10-13(18)8-9-15(12)20-16-6-4-5-7-17(16)21-2/h4-10,14H,3,11,19H2,1-2H3. The van der Waals surface area contributed by atoms with Crippen LogP contribution in [0.4, 0.5) is 0 Å². The van der Waals surface area contributed by atoms with Gasteiger partial charge in [-0.25, -0.2) is 0 Å². The average Bonchev–Trinajstić information content (AvgIpc) is 2.50. The summed E-state index contributed by atoms with van der Waals surface area (Å²) < 4.78 is 6.10. The average molecular weight is 322 g/mol. The minimum atomic E-state index is 0.113. The van der Waals surface area contributed by atoms with Gasteiger partial charge < -0.3 is 10.5 Å². The summed E-state index contributed by atoms with van der Waals surface area (Å²) in [6.07, 6.45) is 3.72. The molecule has 0 radical (unpaired) electrons. The lowest BCUT2D eigenvalue weighted by molar-refractivity contribution is 0.461. The molecule has 4 heteroatoms. The highest BCUT2D eigenvalue weighted by molar-refractivity contribution is 7.98. The molecule has 2 aromatic rings. The van der Waals surface area contributed by atoms with Crippen LogP contribution in [-0.2, 0) is 6.42 Å². The predicted octanol–water partition coefficient (Wildman–Crippen LogP) is 5.13. The molecular weight excluding hydrogens is 302 g/mol. The van der Waals surface area contributed by atoms with Gasteiger partial charge in [0.1, 0.15) is 11.5 Å². The number of hydrogen-bond acceptors (Lipinski definition) is 3. The summed E-state index contributed by atoms with van der Waals surface area (Å²) in [5.41, 5.74) is 7.12. The normalized spacial score (nSPS) is 12.2. The molecule has 1 atom stereocenters. The fourth-order valence-corrected chi connectivity index (χ4v) is 2.78. The number of benzene rings is 2. The van der Waals surface area contributed by atoms with Crippen molar-refractivity contribution >= 4 is 23.4 Å². The van der Waals surface area contributed by atoms with Crippen LogP contribution in [0.2, 0.25) is 5.02 Å². The van der Waals surface area contributed by atoms with E-state index in [1.165, 1.54) is 0 Å². The lowest BCUT2D eigenvalue weighted by atomic mass is 10.0. The molecular formula is C17H20ClNOS. The van der Waals surface area contributed by atoms with Crippen LogP contribution in [0.3, 0.4) is 0 Å². The van der Waals surface area contributed by atoms with Crippen LogP contribution in [-0.4, -0.2) is 12.3 Å². The number of nitrogens with two attached hydrogens (primary N) is 1. The van der Waals surface area contributed by atoms with Crippen LogP contribution in [0.15, 0.2) is 47.4 Å². The molecule has 0 saturated carbocycles. The van der Waals surface area contributed by atoms with Crippen molar-refractivity contribution in [3.05, 3.63) is 53.1 Å². The minimum Gasteiger partial charge on any atom is -0.456 e. The third-order valence-corrected chi connectivity index (χ3v) is 4.33. The van der Waals surface area contributed by atoms with E-state index < -0.39 is 0 Å². The number of hydrogen-bond donors (Lipinski definition) is 1. The Morgan fingerprint density at radius 2 is 1.95 bits per heavy atom. The Morgan fingerprint density at radius 3 is 2.67 bits per heavy atom. The Bertz CT molecular complexity index is 603. The summed E-state index contributed by atoms with van der Waals surface area (Å²) >= 11 is 7.77. The van der Waals surface area contributed by atoms with E-state index >= 15 is 0 Å². The van der Waals surface area contributed by atoms with Gasteiger partial charge in [0.15, 0.2) is 0 Å². The molecule has 0 spiro atoms. The molecule has 21 heavy (non-hydrogen) atoms. The molecule has 112 valence electrons. The van der Waals surface area contributed by atoms with E-state index in [0.717, 1.165) is 34.8 Å². The highest BCUT2D eigenvalue weighted by Gasteiger charge is 2.11. The summed E-state index contributed by atoms with van der Waals surface area (Å²) in [6.45, 7) is 2.08. The van der Waals surface area contributed by atoms with Crippen LogP contribution in [0.1, 0.15) is 18.9 Å². The Hall–Kier alpha value is -1.16. The molecule has 0 bridgehead atoms. The molecule has 1 unspecified atom stereocenters. The highest BCUT2D eigenvalue weighted by atomic mass is 35.5. The number of halogens is 1. The zero-order valence-electron chi connectivity index (χ0n) is 12.3. The maximum absolute atomic E-state index is 6.10. The third-order valence-electron chi connectivity index (χ3n) is 3.32. The second-order valence-corrected chi connectivity index (χ2v) is 6.16. The van der Waals surface area contributed by atoms with Crippen molar-refractivity contribution in [3.63, 3.8) is 0 Å². The molecule has 0 heterocycles. The molecule has 2 aromatic carbocycles. The molecule has 2 rings (SSSR count). The maximum atomic E-state index is 6.10. The number of para-hydroxylation sites is 1. The first-order chi connectivity index (χ1) is 10.1. The number of ether oxygens (including phenoxy) is 1. The van der Waals surface area contributed by atoms with Crippen molar-refractivity contribution in [3.8, 4) is 11.5 Å². The highest BCUT2D eigenvalue weighted by Crippen LogP contribution is 2.34. The van der Waals surface area contributed by atoms with Crippen LogP contribution in [0.25, 0.3) is 0 Å². The largest absolute Gasteiger partial charge is 0.456 e. The van der Waals surface area contributed by atoms with Gasteiger partial charge in [-0.2, -0.15) is 0 Å². The Balaban J connectivity index is 2.30. The van der Waals surface area contributed by atoms with Crippen LogP contribution >= 0.6 is 23.4 Å². The van der Waals surface area contributed by atoms with Gasteiger partial charge in [-0.1, -0.05) is 30.7 Å². The van der Waals surface area contributed by atoms with Gasteiger partial charge in [-0.05, 0) is 55.0 Å². The summed E-state index contributed by atoms with van der Waals surface area (Å²) in [5, 5.41) is 0.707. The summed E-state index contributed by atoms with van der Waals surface area (Å²) in [4.78, 5) is 1.11. The monoisotopic (exact) mass is 321 g/mol. The summed E-state index contributed by atoms with van der Waals surface area (Å²) in [6, 6.07) is 13.8. The van der Waals surface area contributed by atoms with E-state index in [1.54, 1.807) is 11.8 Å². The zero-order valence-corrected chi connectivity index (χ0v) is 13.9. The molecule has 0 saturated heterocycles. The summed E-state index contributed by atoms with van der Waals surface area (Å²) in [7, 11) is 0. The van der Waals surface area contributed by atoms with Crippen molar-refractivity contribution in [1.82, 2.24) is 0 Å². The number of thioether (sulfide) groups is 1. The van der Waals surface area contributed by atoms with Crippen molar-refractivity contribution in [2.75, 3.05) is 6.26 Å². The first-order valence-electron chi connectivity index (χ1n) is 6.99. The second kappa shape index (κ2) is 7.74. The fraction of sp³-hybridized carbons (Fsp3) is 0.294. The van der Waals surface area contributed by atoms with Gasteiger partial charge in [0.25, 0.3) is 0 Å². The Labute approximate surface area is 135 Å². The maximum Gasteiger partial charge on any atom is 0.140 e. The van der Waals surface area contributed by atoms with E-state index in [1.807, 2.05) is 48.7 Å². The molecule has 0 fully saturated rings. The van der Waals surface area contributed by atoms with Gasteiger partial charge >= 0.3 is 0 Å². The van der Waals surface area contributed by atoms with Gasteiger partial charge in [-0.15, -0.1) is 11.8 Å². The topological polar surface area (TPSA) is 35.2 Å². The first-order valence-corrected chi connectivity index (χ1v) is 8.59. The van der Waals surface area contributed by atoms with Gasteiger partial charge in [0, 0.05) is 16.0 Å². The zero-order chi connectivity index (χ0) is 15.2. The van der Waals surface area contributed by atoms with Gasteiger partial charge in [0.2, 0.25) is 0 Å². The lowest BCUT2D eigenvalue weighted by Gasteiger charge is -2.16. The van der Waals surface area contributed by atoms with Crippen molar-refractivity contribution in [2.45, 2.75) is 30.7 Å². The summed E-state index contributed by atoms with van der Waals surface area (Å²) in [5.74, 6) is 1.68.